The number of thiol groups is 1. The minimum Gasteiger partial charge on any atom is -0.366 e. The van der Waals surface area contributed by atoms with Crippen LogP contribution in [0.15, 0.2) is 48.8 Å². The summed E-state index contributed by atoms with van der Waals surface area (Å²) in [5.74, 6) is 0. The molecule has 0 spiro atoms. The van der Waals surface area contributed by atoms with Gasteiger partial charge in [0.15, 0.2) is 0 Å². The van der Waals surface area contributed by atoms with Crippen LogP contribution in [0.25, 0.3) is 0 Å². The van der Waals surface area contributed by atoms with E-state index in [2.05, 4.69) is 27.9 Å². The average molecular weight is 277 g/mol. The third-order valence-electron chi connectivity index (χ3n) is 1.96. The van der Waals surface area contributed by atoms with Crippen molar-refractivity contribution in [1.29, 1.82) is 0 Å². The Kier molecular flexibility index (Phi) is 6.98. The highest BCUT2D eigenvalue weighted by atomic mass is 32.1. The van der Waals surface area contributed by atoms with Gasteiger partial charge >= 0.3 is 0 Å². The number of aromatic nitrogens is 2. The third kappa shape index (κ3) is 6.98. The van der Waals surface area contributed by atoms with Gasteiger partial charge in [-0.25, -0.2) is 0 Å². The van der Waals surface area contributed by atoms with Crippen LogP contribution in [0.3, 0.4) is 0 Å². The Balaban J connectivity index is 0.000000199. The molecule has 0 saturated carbocycles. The molecule has 2 aromatic heterocycles. The van der Waals surface area contributed by atoms with Gasteiger partial charge in [-0.2, -0.15) is 0 Å². The van der Waals surface area contributed by atoms with Crippen LogP contribution in [-0.4, -0.2) is 14.3 Å². The lowest BCUT2D eigenvalue weighted by Crippen LogP contribution is -2.15. The van der Waals surface area contributed by atoms with Gasteiger partial charge in [0.1, 0.15) is 4.32 Å². The van der Waals surface area contributed by atoms with Crippen molar-refractivity contribution in [1.82, 2.24) is 15.3 Å². The van der Waals surface area contributed by atoms with Crippen LogP contribution in [0.2, 0.25) is 0 Å². The molecule has 0 atom stereocenters. The molecule has 0 aliphatic rings. The molecule has 0 bridgehead atoms. The summed E-state index contributed by atoms with van der Waals surface area (Å²) in [5.41, 5.74) is 2.03. The molecule has 0 saturated heterocycles. The summed E-state index contributed by atoms with van der Waals surface area (Å²) in [6.07, 6.45) is 3.54. The van der Waals surface area contributed by atoms with Crippen LogP contribution in [0.5, 0.6) is 0 Å². The zero-order valence-corrected chi connectivity index (χ0v) is 11.8. The second-order valence-electron chi connectivity index (χ2n) is 3.45. The third-order valence-corrected chi connectivity index (χ3v) is 2.26. The molecule has 2 aromatic rings. The van der Waals surface area contributed by atoms with Crippen LogP contribution in [0.4, 0.5) is 0 Å². The zero-order chi connectivity index (χ0) is 13.2. The van der Waals surface area contributed by atoms with Gasteiger partial charge in [-0.1, -0.05) is 24.4 Å². The topological polar surface area (TPSA) is 37.8 Å². The van der Waals surface area contributed by atoms with E-state index in [1.54, 1.807) is 12.4 Å². The van der Waals surface area contributed by atoms with Crippen LogP contribution >= 0.6 is 24.8 Å². The lowest BCUT2D eigenvalue weighted by molar-refractivity contribution is 0.893. The van der Waals surface area contributed by atoms with Crippen LogP contribution in [0, 0.1) is 6.92 Å². The fraction of sp³-hybridized carbons (Fsp3) is 0.154. The minimum absolute atomic E-state index is 0.496. The van der Waals surface area contributed by atoms with E-state index in [9.17, 15) is 0 Å². The van der Waals surface area contributed by atoms with Crippen molar-refractivity contribution < 1.29 is 0 Å². The standard InChI is InChI=1S/C7H8N2S2.C6H7N/c10-7(11)9-5-6-3-1-2-4-8-6;1-6-4-2-3-5-7-6/h1-4H,5H2,(H2,9,10,11);2-5H,1H3. The fourth-order valence-corrected chi connectivity index (χ4v) is 1.27. The normalized spacial score (nSPS) is 9.00. The largest absolute Gasteiger partial charge is 0.366 e. The Morgan fingerprint density at radius 3 is 2.22 bits per heavy atom. The van der Waals surface area contributed by atoms with Crippen molar-refractivity contribution in [3.8, 4) is 0 Å². The summed E-state index contributed by atoms with van der Waals surface area (Å²) < 4.78 is 0.496. The summed E-state index contributed by atoms with van der Waals surface area (Å²) in [6.45, 7) is 2.61. The van der Waals surface area contributed by atoms with Gasteiger partial charge in [0.25, 0.3) is 0 Å². The van der Waals surface area contributed by atoms with Crippen LogP contribution < -0.4 is 5.32 Å². The molecule has 3 nitrogen and oxygen atoms in total. The van der Waals surface area contributed by atoms with Crippen molar-refractivity contribution in [3.63, 3.8) is 0 Å². The molecule has 0 aliphatic carbocycles. The van der Waals surface area contributed by atoms with Crippen molar-refractivity contribution in [2.45, 2.75) is 13.5 Å². The maximum absolute atomic E-state index is 4.72. The first-order valence-electron chi connectivity index (χ1n) is 5.43. The Morgan fingerprint density at radius 1 is 1.17 bits per heavy atom. The Morgan fingerprint density at radius 2 is 1.83 bits per heavy atom. The van der Waals surface area contributed by atoms with Gasteiger partial charge in [-0.15, -0.1) is 12.6 Å². The SMILES string of the molecule is Cc1ccccn1.S=C(S)NCc1ccccn1. The number of nitrogens with one attached hydrogen (secondary N) is 1. The predicted octanol–water partition coefficient (Wildman–Crippen LogP) is 2.78. The first-order chi connectivity index (χ1) is 8.68. The molecular weight excluding hydrogens is 262 g/mol. The molecule has 0 amide bonds. The molecule has 0 unspecified atom stereocenters. The minimum atomic E-state index is 0.496. The molecule has 2 heterocycles. The Bertz CT molecular complexity index is 460. The van der Waals surface area contributed by atoms with E-state index in [0.29, 0.717) is 10.9 Å². The predicted molar refractivity (Wildman–Crippen MR) is 81.6 cm³/mol. The first kappa shape index (κ1) is 14.6. The van der Waals surface area contributed by atoms with Gasteiger partial charge in [0.2, 0.25) is 0 Å². The van der Waals surface area contributed by atoms with Gasteiger partial charge in [0, 0.05) is 18.1 Å². The highest BCUT2D eigenvalue weighted by Gasteiger charge is 1.90. The van der Waals surface area contributed by atoms with E-state index in [0.717, 1.165) is 11.4 Å². The molecule has 0 radical (unpaired) electrons. The highest BCUT2D eigenvalue weighted by molar-refractivity contribution is 8.11. The smallest absolute Gasteiger partial charge is 0.130 e. The second-order valence-corrected chi connectivity index (χ2v) is 4.61. The van der Waals surface area contributed by atoms with Crippen molar-refractivity contribution in [2.24, 2.45) is 0 Å². The van der Waals surface area contributed by atoms with Gasteiger partial charge in [-0.3, -0.25) is 9.97 Å². The van der Waals surface area contributed by atoms with Crippen LogP contribution in [-0.2, 0) is 6.54 Å². The summed E-state index contributed by atoms with van der Waals surface area (Å²) in [7, 11) is 0. The molecule has 0 aliphatic heterocycles. The lowest BCUT2D eigenvalue weighted by atomic mass is 10.3. The number of aryl methyl sites for hydroxylation is 1. The van der Waals surface area contributed by atoms with E-state index in [4.69, 9.17) is 12.2 Å². The molecule has 2 rings (SSSR count). The highest BCUT2D eigenvalue weighted by Crippen LogP contribution is 1.92. The summed E-state index contributed by atoms with van der Waals surface area (Å²) in [6, 6.07) is 11.6. The lowest BCUT2D eigenvalue weighted by Gasteiger charge is -2.00. The maximum Gasteiger partial charge on any atom is 0.130 e. The summed E-state index contributed by atoms with van der Waals surface area (Å²) >= 11 is 8.64. The number of hydrogen-bond donors (Lipinski definition) is 2. The molecule has 0 fully saturated rings. The molecule has 0 aromatic carbocycles. The number of nitrogens with zero attached hydrogens (tertiary/aromatic N) is 2. The van der Waals surface area contributed by atoms with E-state index in [1.807, 2.05) is 43.3 Å². The fourth-order valence-electron chi connectivity index (χ4n) is 1.12. The van der Waals surface area contributed by atoms with Gasteiger partial charge < -0.3 is 5.32 Å². The molecular formula is C13H15N3S2. The average Bonchev–Trinajstić information content (AvgIpc) is 2.39. The Hall–Kier alpha value is -1.46. The van der Waals surface area contributed by atoms with E-state index < -0.39 is 0 Å². The molecule has 94 valence electrons. The molecule has 5 heteroatoms. The monoisotopic (exact) mass is 277 g/mol. The quantitative estimate of drug-likeness (QED) is 0.654. The van der Waals surface area contributed by atoms with Gasteiger partial charge in [-0.05, 0) is 31.2 Å². The zero-order valence-electron chi connectivity index (χ0n) is 10.1. The number of thiocarbonyl (C=S) groups is 1. The van der Waals surface area contributed by atoms with Gasteiger partial charge in [0.05, 0.1) is 12.2 Å². The van der Waals surface area contributed by atoms with E-state index in [1.165, 1.54) is 0 Å². The number of rotatable bonds is 2. The maximum atomic E-state index is 4.72. The molecule has 18 heavy (non-hydrogen) atoms. The molecule has 1 N–H and O–H groups in total. The van der Waals surface area contributed by atoms with Crippen LogP contribution in [0.1, 0.15) is 11.4 Å². The van der Waals surface area contributed by atoms with E-state index >= 15 is 0 Å². The van der Waals surface area contributed by atoms with Crippen molar-refractivity contribution >= 4 is 29.2 Å². The summed E-state index contributed by atoms with van der Waals surface area (Å²) in [5, 5.41) is 2.89. The first-order valence-corrected chi connectivity index (χ1v) is 6.28. The van der Waals surface area contributed by atoms with E-state index in [-0.39, 0.29) is 0 Å². The second kappa shape index (κ2) is 8.60. The number of hydrogen-bond acceptors (Lipinski definition) is 3. The van der Waals surface area contributed by atoms with Crippen molar-refractivity contribution in [2.75, 3.05) is 0 Å². The Labute approximate surface area is 118 Å². The summed E-state index contributed by atoms with van der Waals surface area (Å²) in [4.78, 5) is 8.07. The number of pyridine rings is 2. The van der Waals surface area contributed by atoms with Crippen molar-refractivity contribution in [3.05, 3.63) is 60.2 Å².